The van der Waals surface area contributed by atoms with Gasteiger partial charge in [0.05, 0.1) is 23.4 Å². The number of rotatable bonds is 5. The third-order valence-corrected chi connectivity index (χ3v) is 8.15. The van der Waals surface area contributed by atoms with Crippen molar-refractivity contribution in [3.8, 4) is 11.5 Å². The summed E-state index contributed by atoms with van der Waals surface area (Å²) in [5.41, 5.74) is 1.69. The van der Waals surface area contributed by atoms with E-state index in [9.17, 15) is 9.90 Å². The SMILES string of the molecule is COc1ccc(C2C(Cl)C(=O)N2c2nc(Sc3nc4ccccc4s3)cs2)cc1O. The Morgan fingerprint density at radius 3 is 2.83 bits per heavy atom. The molecule has 2 unspecified atom stereocenters. The number of phenols is 1. The molecule has 3 heterocycles. The maximum Gasteiger partial charge on any atom is 0.249 e. The van der Waals surface area contributed by atoms with Gasteiger partial charge in [-0.25, -0.2) is 9.97 Å². The summed E-state index contributed by atoms with van der Waals surface area (Å²) in [5, 5.41) is 12.6. The molecule has 152 valence electrons. The number of phenolic OH excluding ortho intramolecular Hbond substituents is 1. The molecule has 0 saturated carbocycles. The fourth-order valence-electron chi connectivity index (χ4n) is 3.27. The Labute approximate surface area is 189 Å². The molecule has 0 aliphatic carbocycles. The van der Waals surface area contributed by atoms with Crippen molar-refractivity contribution in [2.45, 2.75) is 20.8 Å². The molecule has 10 heteroatoms. The third kappa shape index (κ3) is 3.31. The van der Waals surface area contributed by atoms with Crippen LogP contribution >= 0.6 is 46.0 Å². The van der Waals surface area contributed by atoms with E-state index in [-0.39, 0.29) is 11.7 Å². The minimum atomic E-state index is -0.706. The summed E-state index contributed by atoms with van der Waals surface area (Å²) in [4.78, 5) is 23.3. The molecule has 2 atom stereocenters. The standard InChI is InChI=1S/C20H14ClN3O3S3/c1-27-13-7-6-10(8-12(13)25)17-16(21)18(26)24(17)19-23-15(9-28-19)30-20-22-11-4-2-3-5-14(11)29-20/h2-9,16-17,25H,1H3. The Kier molecular flexibility index (Phi) is 5.06. The van der Waals surface area contributed by atoms with Crippen molar-refractivity contribution in [2.24, 2.45) is 0 Å². The number of β-lactam (4-membered cyclic amide) rings is 1. The molecule has 2 aromatic heterocycles. The Morgan fingerprint density at radius 2 is 2.07 bits per heavy atom. The van der Waals surface area contributed by atoms with Crippen LogP contribution in [0.4, 0.5) is 5.13 Å². The van der Waals surface area contributed by atoms with Crippen LogP contribution in [-0.2, 0) is 4.79 Å². The van der Waals surface area contributed by atoms with E-state index in [1.54, 1.807) is 34.4 Å². The summed E-state index contributed by atoms with van der Waals surface area (Å²) in [6, 6.07) is 12.6. The second-order valence-electron chi connectivity index (χ2n) is 6.50. The molecule has 1 saturated heterocycles. The number of anilines is 1. The highest BCUT2D eigenvalue weighted by molar-refractivity contribution is 8.01. The van der Waals surface area contributed by atoms with E-state index in [2.05, 4.69) is 9.97 Å². The Balaban J connectivity index is 1.40. The first kappa shape index (κ1) is 19.6. The first-order valence-electron chi connectivity index (χ1n) is 8.88. The topological polar surface area (TPSA) is 75.5 Å². The zero-order valence-corrected chi connectivity index (χ0v) is 18.7. The van der Waals surface area contributed by atoms with Crippen molar-refractivity contribution in [1.29, 1.82) is 0 Å². The number of ether oxygens (including phenoxy) is 1. The van der Waals surface area contributed by atoms with Gasteiger partial charge in [0.15, 0.2) is 21.0 Å². The number of thiazole rings is 2. The number of amides is 1. The number of nitrogens with zero attached hydrogens (tertiary/aromatic N) is 3. The van der Waals surface area contributed by atoms with Crippen molar-refractivity contribution in [3.05, 3.63) is 53.4 Å². The van der Waals surface area contributed by atoms with Crippen LogP contribution in [0.15, 0.2) is 57.2 Å². The molecule has 1 N–H and O–H groups in total. The van der Waals surface area contributed by atoms with Crippen LogP contribution in [-0.4, -0.2) is 33.5 Å². The number of aromatic hydroxyl groups is 1. The lowest BCUT2D eigenvalue weighted by Crippen LogP contribution is -2.56. The fraction of sp³-hybridized carbons (Fsp3) is 0.150. The van der Waals surface area contributed by atoms with Gasteiger partial charge >= 0.3 is 0 Å². The van der Waals surface area contributed by atoms with E-state index in [1.807, 2.05) is 29.6 Å². The molecule has 4 aromatic rings. The van der Waals surface area contributed by atoms with E-state index in [0.29, 0.717) is 10.9 Å². The Bertz CT molecular complexity index is 1230. The van der Waals surface area contributed by atoms with Crippen molar-refractivity contribution in [3.63, 3.8) is 0 Å². The van der Waals surface area contributed by atoms with Crippen LogP contribution in [0.5, 0.6) is 11.5 Å². The monoisotopic (exact) mass is 475 g/mol. The average molecular weight is 476 g/mol. The average Bonchev–Trinajstić information content (AvgIpc) is 3.37. The van der Waals surface area contributed by atoms with Gasteiger partial charge in [-0.1, -0.05) is 18.2 Å². The normalized spacial score (nSPS) is 18.6. The molecule has 1 aliphatic rings. The second kappa shape index (κ2) is 7.73. The number of carbonyl (C=O) groups is 1. The number of alkyl halides is 1. The van der Waals surface area contributed by atoms with Crippen LogP contribution < -0.4 is 9.64 Å². The fourth-order valence-corrected chi connectivity index (χ4v) is 6.60. The van der Waals surface area contributed by atoms with E-state index in [1.165, 1.54) is 30.2 Å². The maximum atomic E-state index is 12.5. The van der Waals surface area contributed by atoms with Crippen molar-refractivity contribution in [2.75, 3.05) is 12.0 Å². The third-order valence-electron chi connectivity index (χ3n) is 4.72. The maximum absolute atomic E-state index is 12.5. The summed E-state index contributed by atoms with van der Waals surface area (Å²) >= 11 is 10.8. The van der Waals surface area contributed by atoms with Gasteiger partial charge in [-0.3, -0.25) is 9.69 Å². The van der Waals surface area contributed by atoms with Gasteiger partial charge in [-0.05, 0) is 41.6 Å². The Hall–Kier alpha value is -2.33. The highest BCUT2D eigenvalue weighted by Crippen LogP contribution is 2.46. The van der Waals surface area contributed by atoms with Gasteiger partial charge in [-0.15, -0.1) is 34.3 Å². The lowest BCUT2D eigenvalue weighted by atomic mass is 9.93. The first-order valence-corrected chi connectivity index (χ1v) is 11.8. The lowest BCUT2D eigenvalue weighted by molar-refractivity contribution is -0.123. The number of fused-ring (bicyclic) bond motifs is 1. The molecule has 0 spiro atoms. The molecule has 0 bridgehead atoms. The molecule has 2 aromatic carbocycles. The summed E-state index contributed by atoms with van der Waals surface area (Å²) in [7, 11) is 1.48. The smallest absolute Gasteiger partial charge is 0.249 e. The number of hydrogen-bond acceptors (Lipinski definition) is 8. The molecule has 30 heavy (non-hydrogen) atoms. The van der Waals surface area contributed by atoms with Gasteiger partial charge in [0.25, 0.3) is 0 Å². The number of methoxy groups -OCH3 is 1. The number of halogens is 1. The highest BCUT2D eigenvalue weighted by Gasteiger charge is 2.49. The largest absolute Gasteiger partial charge is 0.504 e. The summed E-state index contributed by atoms with van der Waals surface area (Å²) in [5.74, 6) is 0.165. The quantitative estimate of drug-likeness (QED) is 0.311. The molecular weight excluding hydrogens is 462 g/mol. The van der Waals surface area contributed by atoms with Gasteiger partial charge in [0.1, 0.15) is 10.4 Å². The van der Waals surface area contributed by atoms with E-state index >= 15 is 0 Å². The van der Waals surface area contributed by atoms with Crippen LogP contribution in [0.2, 0.25) is 0 Å². The predicted molar refractivity (Wildman–Crippen MR) is 120 cm³/mol. The Morgan fingerprint density at radius 1 is 1.23 bits per heavy atom. The van der Waals surface area contributed by atoms with Crippen molar-refractivity contribution in [1.82, 2.24) is 9.97 Å². The number of para-hydroxylation sites is 1. The summed E-state index contributed by atoms with van der Waals surface area (Å²) < 4.78 is 7.11. The van der Waals surface area contributed by atoms with Crippen LogP contribution in [0.25, 0.3) is 10.2 Å². The molecule has 1 fully saturated rings. The number of aromatic nitrogens is 2. The van der Waals surface area contributed by atoms with Crippen LogP contribution in [0.3, 0.4) is 0 Å². The molecular formula is C20H14ClN3O3S3. The van der Waals surface area contributed by atoms with Gasteiger partial charge < -0.3 is 9.84 Å². The van der Waals surface area contributed by atoms with E-state index in [4.69, 9.17) is 16.3 Å². The minimum Gasteiger partial charge on any atom is -0.504 e. The van der Waals surface area contributed by atoms with Gasteiger partial charge in [-0.2, -0.15) is 0 Å². The van der Waals surface area contributed by atoms with Gasteiger partial charge in [0.2, 0.25) is 5.91 Å². The van der Waals surface area contributed by atoms with Crippen LogP contribution in [0, 0.1) is 0 Å². The summed E-state index contributed by atoms with van der Waals surface area (Å²) in [6.45, 7) is 0. The molecule has 1 amide bonds. The van der Waals surface area contributed by atoms with Gasteiger partial charge in [0, 0.05) is 5.38 Å². The molecule has 5 rings (SSSR count). The summed E-state index contributed by atoms with van der Waals surface area (Å²) in [6.07, 6.45) is 0. The predicted octanol–water partition coefficient (Wildman–Crippen LogP) is 5.31. The zero-order valence-electron chi connectivity index (χ0n) is 15.5. The molecule has 0 radical (unpaired) electrons. The lowest BCUT2D eigenvalue weighted by Gasteiger charge is -2.42. The molecule has 1 aliphatic heterocycles. The van der Waals surface area contributed by atoms with E-state index in [0.717, 1.165) is 25.1 Å². The second-order valence-corrected chi connectivity index (χ2v) is 10.1. The number of benzene rings is 2. The zero-order chi connectivity index (χ0) is 20.8. The number of hydrogen-bond donors (Lipinski definition) is 1. The van der Waals surface area contributed by atoms with Crippen molar-refractivity contribution >= 4 is 67.3 Å². The highest BCUT2D eigenvalue weighted by atomic mass is 35.5. The van der Waals surface area contributed by atoms with Crippen molar-refractivity contribution < 1.29 is 14.6 Å². The van der Waals surface area contributed by atoms with Crippen LogP contribution in [0.1, 0.15) is 11.6 Å². The van der Waals surface area contributed by atoms with E-state index < -0.39 is 11.4 Å². The molecule has 6 nitrogen and oxygen atoms in total. The number of carbonyl (C=O) groups excluding carboxylic acids is 1. The minimum absolute atomic E-state index is 0.00406. The first-order chi connectivity index (χ1) is 14.5.